The second-order valence-corrected chi connectivity index (χ2v) is 5.32. The highest BCUT2D eigenvalue weighted by Gasteiger charge is 2.38. The summed E-state index contributed by atoms with van der Waals surface area (Å²) in [7, 11) is 0. The molecule has 2 heterocycles. The van der Waals surface area contributed by atoms with E-state index >= 15 is 0 Å². The standard InChI is InChI=1S/C14H11F4N3O4/c15-9-5-7(11-19-12(25-20-11)14(16,17)18)1-2-10(9)24-8-3-4-21(6-8)13(22)23/h1-2,5,8H,3-4,6H2,(H,22,23)/t8-/m0/s1. The Bertz CT molecular complexity index is 793. The van der Waals surface area contributed by atoms with Gasteiger partial charge in [-0.05, 0) is 18.2 Å². The number of hydrogen-bond acceptors (Lipinski definition) is 5. The first-order valence-corrected chi connectivity index (χ1v) is 7.09. The minimum Gasteiger partial charge on any atom is -0.485 e. The first kappa shape index (κ1) is 17.0. The van der Waals surface area contributed by atoms with Gasteiger partial charge in [0.15, 0.2) is 11.6 Å². The molecule has 1 amide bonds. The average molecular weight is 361 g/mol. The van der Waals surface area contributed by atoms with Gasteiger partial charge in [0.1, 0.15) is 6.10 Å². The van der Waals surface area contributed by atoms with Gasteiger partial charge in [-0.15, -0.1) is 0 Å². The molecule has 2 aromatic rings. The van der Waals surface area contributed by atoms with Gasteiger partial charge in [-0.25, -0.2) is 9.18 Å². The molecule has 0 aliphatic carbocycles. The lowest BCUT2D eigenvalue weighted by Gasteiger charge is -2.15. The van der Waals surface area contributed by atoms with E-state index in [1.807, 2.05) is 0 Å². The van der Waals surface area contributed by atoms with Crippen LogP contribution < -0.4 is 4.74 Å². The molecule has 134 valence electrons. The lowest BCUT2D eigenvalue weighted by Crippen LogP contribution is -2.29. The molecular weight excluding hydrogens is 350 g/mol. The highest BCUT2D eigenvalue weighted by Crippen LogP contribution is 2.31. The van der Waals surface area contributed by atoms with Crippen molar-refractivity contribution in [2.24, 2.45) is 0 Å². The molecule has 1 atom stereocenters. The number of benzene rings is 1. The molecule has 1 N–H and O–H groups in total. The highest BCUT2D eigenvalue weighted by atomic mass is 19.4. The number of halogens is 4. The Hall–Kier alpha value is -2.85. The maximum absolute atomic E-state index is 14.1. The lowest BCUT2D eigenvalue weighted by molar-refractivity contribution is -0.159. The minimum atomic E-state index is -4.79. The van der Waals surface area contributed by atoms with Gasteiger partial charge in [0, 0.05) is 18.5 Å². The topological polar surface area (TPSA) is 88.7 Å². The molecule has 1 aliphatic rings. The quantitative estimate of drug-likeness (QED) is 0.846. The van der Waals surface area contributed by atoms with Crippen molar-refractivity contribution in [3.63, 3.8) is 0 Å². The van der Waals surface area contributed by atoms with E-state index in [-0.39, 0.29) is 24.4 Å². The molecule has 1 aromatic carbocycles. The Labute approximate surface area is 137 Å². The molecule has 0 bridgehead atoms. The SMILES string of the molecule is O=C(O)N1CC[C@H](Oc2ccc(-c3noc(C(F)(F)F)n3)cc2F)C1. The van der Waals surface area contributed by atoms with Gasteiger partial charge >= 0.3 is 18.2 Å². The maximum Gasteiger partial charge on any atom is 0.471 e. The number of nitrogens with zero attached hydrogens (tertiary/aromatic N) is 3. The van der Waals surface area contributed by atoms with Crippen molar-refractivity contribution in [2.75, 3.05) is 13.1 Å². The fourth-order valence-corrected chi connectivity index (χ4v) is 2.37. The van der Waals surface area contributed by atoms with Gasteiger partial charge in [-0.2, -0.15) is 18.2 Å². The summed E-state index contributed by atoms with van der Waals surface area (Å²) >= 11 is 0. The number of alkyl halides is 3. The number of carbonyl (C=O) groups is 1. The zero-order valence-electron chi connectivity index (χ0n) is 12.5. The summed E-state index contributed by atoms with van der Waals surface area (Å²) in [6.07, 6.45) is -5.96. The predicted octanol–water partition coefficient (Wildman–Crippen LogP) is 3.03. The van der Waals surface area contributed by atoms with Gasteiger partial charge in [0.25, 0.3) is 0 Å². The minimum absolute atomic E-state index is 0.0114. The van der Waals surface area contributed by atoms with E-state index in [1.54, 1.807) is 0 Å². The van der Waals surface area contributed by atoms with Crippen molar-refractivity contribution in [1.29, 1.82) is 0 Å². The fourth-order valence-electron chi connectivity index (χ4n) is 2.37. The molecule has 11 heteroatoms. The van der Waals surface area contributed by atoms with E-state index in [9.17, 15) is 22.4 Å². The van der Waals surface area contributed by atoms with Crippen LogP contribution in [0.3, 0.4) is 0 Å². The Kier molecular flexibility index (Phi) is 4.23. The van der Waals surface area contributed by atoms with Crippen molar-refractivity contribution < 1.29 is 36.7 Å². The molecule has 0 radical (unpaired) electrons. The van der Waals surface area contributed by atoms with Crippen LogP contribution in [-0.2, 0) is 6.18 Å². The second-order valence-electron chi connectivity index (χ2n) is 5.32. The first-order chi connectivity index (χ1) is 11.7. The number of rotatable bonds is 3. The van der Waals surface area contributed by atoms with Crippen molar-refractivity contribution in [3.8, 4) is 17.1 Å². The number of carboxylic acid groups (broad SMARTS) is 1. The first-order valence-electron chi connectivity index (χ1n) is 7.09. The third-order valence-corrected chi connectivity index (χ3v) is 3.57. The molecule has 1 aliphatic heterocycles. The van der Waals surface area contributed by atoms with Crippen LogP contribution in [-0.4, -0.2) is 45.4 Å². The van der Waals surface area contributed by atoms with Crippen molar-refractivity contribution in [1.82, 2.24) is 15.0 Å². The monoisotopic (exact) mass is 361 g/mol. The van der Waals surface area contributed by atoms with E-state index in [1.165, 1.54) is 12.1 Å². The van der Waals surface area contributed by atoms with Crippen LogP contribution in [0, 0.1) is 5.82 Å². The zero-order valence-corrected chi connectivity index (χ0v) is 12.5. The lowest BCUT2D eigenvalue weighted by atomic mass is 10.2. The van der Waals surface area contributed by atoms with E-state index in [2.05, 4.69) is 14.7 Å². The van der Waals surface area contributed by atoms with Crippen LogP contribution in [0.25, 0.3) is 11.4 Å². The second kappa shape index (κ2) is 6.22. The summed E-state index contributed by atoms with van der Waals surface area (Å²) in [6.45, 7) is 0.388. The summed E-state index contributed by atoms with van der Waals surface area (Å²) in [5.41, 5.74) is -0.0114. The van der Waals surface area contributed by atoms with Gasteiger partial charge in [-0.1, -0.05) is 5.16 Å². The van der Waals surface area contributed by atoms with E-state index < -0.39 is 35.9 Å². The van der Waals surface area contributed by atoms with Crippen LogP contribution in [0.5, 0.6) is 5.75 Å². The number of aromatic nitrogens is 2. The van der Waals surface area contributed by atoms with Crippen molar-refractivity contribution in [3.05, 3.63) is 29.9 Å². The maximum atomic E-state index is 14.1. The largest absolute Gasteiger partial charge is 0.485 e. The number of ether oxygens (including phenoxy) is 1. The molecule has 0 saturated carbocycles. The average Bonchev–Trinajstić information content (AvgIpc) is 3.18. The predicted molar refractivity (Wildman–Crippen MR) is 73.3 cm³/mol. The molecule has 0 unspecified atom stereocenters. The molecule has 3 rings (SSSR count). The van der Waals surface area contributed by atoms with Crippen molar-refractivity contribution >= 4 is 6.09 Å². The van der Waals surface area contributed by atoms with Crippen LogP contribution in [0.15, 0.2) is 22.7 Å². The molecule has 1 aromatic heterocycles. The summed E-state index contributed by atoms with van der Waals surface area (Å²) in [5, 5.41) is 12.0. The fraction of sp³-hybridized carbons (Fsp3) is 0.357. The summed E-state index contributed by atoms with van der Waals surface area (Å²) < 4.78 is 60.9. The Morgan fingerprint density at radius 1 is 1.40 bits per heavy atom. The number of hydrogen-bond donors (Lipinski definition) is 1. The Morgan fingerprint density at radius 3 is 2.72 bits per heavy atom. The summed E-state index contributed by atoms with van der Waals surface area (Å²) in [6, 6.07) is 3.43. The molecule has 1 fully saturated rings. The van der Waals surface area contributed by atoms with Gasteiger partial charge in [0.05, 0.1) is 6.54 Å². The van der Waals surface area contributed by atoms with Crippen LogP contribution in [0.1, 0.15) is 12.3 Å². The number of likely N-dealkylation sites (tertiary alicyclic amines) is 1. The smallest absolute Gasteiger partial charge is 0.471 e. The molecule has 1 saturated heterocycles. The van der Waals surface area contributed by atoms with Crippen molar-refractivity contribution in [2.45, 2.75) is 18.7 Å². The van der Waals surface area contributed by atoms with Gasteiger partial charge in [0.2, 0.25) is 5.82 Å². The third kappa shape index (κ3) is 3.64. The van der Waals surface area contributed by atoms with E-state index in [0.29, 0.717) is 6.42 Å². The van der Waals surface area contributed by atoms with E-state index in [0.717, 1.165) is 11.0 Å². The molecule has 25 heavy (non-hydrogen) atoms. The summed E-state index contributed by atoms with van der Waals surface area (Å²) in [5.74, 6) is -2.90. The van der Waals surface area contributed by atoms with Crippen LogP contribution in [0.2, 0.25) is 0 Å². The molecular formula is C14H11F4N3O4. The van der Waals surface area contributed by atoms with Gasteiger partial charge in [-0.3, -0.25) is 0 Å². The zero-order chi connectivity index (χ0) is 18.2. The normalized spacial score (nSPS) is 17.8. The molecule has 0 spiro atoms. The summed E-state index contributed by atoms with van der Waals surface area (Å²) in [4.78, 5) is 15.2. The molecule has 7 nitrogen and oxygen atoms in total. The van der Waals surface area contributed by atoms with E-state index in [4.69, 9.17) is 9.84 Å². The third-order valence-electron chi connectivity index (χ3n) is 3.57. The Balaban J connectivity index is 1.73. The number of amides is 1. The highest BCUT2D eigenvalue weighted by molar-refractivity contribution is 5.65. The Morgan fingerprint density at radius 2 is 2.16 bits per heavy atom. The van der Waals surface area contributed by atoms with Crippen LogP contribution >= 0.6 is 0 Å². The van der Waals surface area contributed by atoms with Gasteiger partial charge < -0.3 is 19.3 Å². The van der Waals surface area contributed by atoms with Crippen LogP contribution in [0.4, 0.5) is 22.4 Å².